The van der Waals surface area contributed by atoms with Gasteiger partial charge in [-0.25, -0.2) is 0 Å². The molecule has 2 unspecified atom stereocenters. The Balaban J connectivity index is 1.23. The molecule has 2 N–H and O–H groups in total. The zero-order valence-electron chi connectivity index (χ0n) is 25.1. The number of carbonyl (C=O) groups is 2. The number of hydrogen-bond acceptors (Lipinski definition) is 4. The van der Waals surface area contributed by atoms with E-state index >= 15 is 0 Å². The van der Waals surface area contributed by atoms with Crippen molar-refractivity contribution in [3.05, 3.63) is 89.5 Å². The molecule has 42 heavy (non-hydrogen) atoms. The Labute approximate surface area is 252 Å². The Morgan fingerprint density at radius 1 is 0.976 bits per heavy atom. The van der Waals surface area contributed by atoms with E-state index in [0.29, 0.717) is 24.5 Å². The number of nitrogens with one attached hydrogen (secondary N) is 2. The SMILES string of the molecule is CCOc1ccccc1C(=O)NC1CCN(CCCCC2(C(=O)NCC(C)(C)P)c3ccccc3-c3ccccc32)C1. The Bertz CT molecular complexity index is 1370. The van der Waals surface area contributed by atoms with E-state index in [1.165, 1.54) is 0 Å². The van der Waals surface area contributed by atoms with E-state index in [-0.39, 0.29) is 23.0 Å². The summed E-state index contributed by atoms with van der Waals surface area (Å²) in [5.41, 5.74) is 4.44. The van der Waals surface area contributed by atoms with Gasteiger partial charge in [-0.1, -0.05) is 80.9 Å². The summed E-state index contributed by atoms with van der Waals surface area (Å²) in [6.45, 7) is 10.0. The largest absolute Gasteiger partial charge is 0.493 e. The van der Waals surface area contributed by atoms with Crippen LogP contribution >= 0.6 is 9.24 Å². The van der Waals surface area contributed by atoms with Gasteiger partial charge in [0.2, 0.25) is 5.91 Å². The van der Waals surface area contributed by atoms with Crippen LogP contribution in [-0.4, -0.2) is 60.7 Å². The van der Waals surface area contributed by atoms with Gasteiger partial charge in [-0.3, -0.25) is 9.59 Å². The molecule has 1 saturated heterocycles. The Morgan fingerprint density at radius 2 is 1.62 bits per heavy atom. The van der Waals surface area contributed by atoms with Crippen LogP contribution in [0.3, 0.4) is 0 Å². The minimum Gasteiger partial charge on any atom is -0.493 e. The zero-order valence-corrected chi connectivity index (χ0v) is 26.3. The van der Waals surface area contributed by atoms with Gasteiger partial charge in [0.05, 0.1) is 12.2 Å². The molecule has 3 aromatic rings. The summed E-state index contributed by atoms with van der Waals surface area (Å²) in [5, 5.41) is 6.43. The Hall–Kier alpha value is -3.21. The first-order valence-electron chi connectivity index (χ1n) is 15.2. The first kappa shape index (κ1) is 30.3. The number of rotatable bonds is 12. The first-order valence-corrected chi connectivity index (χ1v) is 15.8. The molecular weight excluding hydrogens is 541 g/mol. The highest BCUT2D eigenvalue weighted by Gasteiger charge is 2.48. The molecule has 222 valence electrons. The molecule has 0 radical (unpaired) electrons. The van der Waals surface area contributed by atoms with Crippen molar-refractivity contribution in [1.82, 2.24) is 15.5 Å². The van der Waals surface area contributed by atoms with Gasteiger partial charge in [0.15, 0.2) is 0 Å². The van der Waals surface area contributed by atoms with Crippen molar-refractivity contribution in [3.63, 3.8) is 0 Å². The van der Waals surface area contributed by atoms with Crippen LogP contribution in [-0.2, 0) is 10.2 Å². The average Bonchev–Trinajstić information content (AvgIpc) is 3.55. The lowest BCUT2D eigenvalue weighted by Gasteiger charge is -2.32. The molecule has 3 aromatic carbocycles. The predicted molar refractivity (Wildman–Crippen MR) is 173 cm³/mol. The molecule has 2 atom stereocenters. The average molecular weight is 586 g/mol. The summed E-state index contributed by atoms with van der Waals surface area (Å²) in [7, 11) is 2.84. The summed E-state index contributed by atoms with van der Waals surface area (Å²) >= 11 is 0. The second-order valence-electron chi connectivity index (χ2n) is 12.3. The molecule has 1 aliphatic carbocycles. The number of amides is 2. The van der Waals surface area contributed by atoms with Crippen molar-refractivity contribution >= 4 is 21.1 Å². The fraction of sp³-hybridized carbons (Fsp3) is 0.429. The van der Waals surface area contributed by atoms with Crippen molar-refractivity contribution in [1.29, 1.82) is 0 Å². The summed E-state index contributed by atoms with van der Waals surface area (Å²) in [6.07, 6.45) is 3.60. The zero-order chi connectivity index (χ0) is 29.7. The van der Waals surface area contributed by atoms with E-state index in [1.807, 2.05) is 31.2 Å². The van der Waals surface area contributed by atoms with Gasteiger partial charge in [0.1, 0.15) is 11.2 Å². The van der Waals surface area contributed by atoms with E-state index < -0.39 is 5.41 Å². The van der Waals surface area contributed by atoms with Gasteiger partial charge in [-0.2, -0.15) is 0 Å². The van der Waals surface area contributed by atoms with Crippen LogP contribution in [0.4, 0.5) is 0 Å². The number of ether oxygens (including phenoxy) is 1. The molecule has 1 aliphatic heterocycles. The molecule has 1 fully saturated rings. The molecule has 2 amide bonds. The van der Waals surface area contributed by atoms with Crippen LogP contribution in [0.1, 0.15) is 67.9 Å². The predicted octanol–water partition coefficient (Wildman–Crippen LogP) is 5.80. The third kappa shape index (κ3) is 6.40. The minimum absolute atomic E-state index is 0.0777. The first-order chi connectivity index (χ1) is 20.2. The van der Waals surface area contributed by atoms with Crippen LogP contribution in [0.25, 0.3) is 11.1 Å². The molecule has 0 bridgehead atoms. The Morgan fingerprint density at radius 3 is 2.29 bits per heavy atom. The number of unbranched alkanes of at least 4 members (excludes halogenated alkanes) is 1. The molecule has 0 spiro atoms. The fourth-order valence-electron chi connectivity index (χ4n) is 6.49. The van der Waals surface area contributed by atoms with Gasteiger partial charge < -0.3 is 20.3 Å². The van der Waals surface area contributed by atoms with E-state index in [2.05, 4.69) is 87.2 Å². The Kier molecular flexibility index (Phi) is 9.35. The van der Waals surface area contributed by atoms with Crippen LogP contribution in [0.5, 0.6) is 5.75 Å². The van der Waals surface area contributed by atoms with E-state index in [0.717, 1.165) is 67.6 Å². The molecule has 0 aromatic heterocycles. The number of hydrogen-bond donors (Lipinski definition) is 2. The number of para-hydroxylation sites is 1. The normalized spacial score (nSPS) is 17.4. The van der Waals surface area contributed by atoms with E-state index in [9.17, 15) is 9.59 Å². The maximum absolute atomic E-state index is 14.1. The molecular formula is C35H44N3O3P. The maximum Gasteiger partial charge on any atom is 0.255 e. The van der Waals surface area contributed by atoms with Crippen molar-refractivity contribution < 1.29 is 14.3 Å². The lowest BCUT2D eigenvalue weighted by molar-refractivity contribution is -0.125. The molecule has 6 nitrogen and oxygen atoms in total. The highest BCUT2D eigenvalue weighted by atomic mass is 31.0. The van der Waals surface area contributed by atoms with E-state index in [4.69, 9.17) is 4.74 Å². The molecule has 2 aliphatic rings. The second-order valence-corrected chi connectivity index (χ2v) is 13.9. The number of benzene rings is 3. The van der Waals surface area contributed by atoms with Gasteiger partial charge in [0, 0.05) is 25.7 Å². The monoisotopic (exact) mass is 585 g/mol. The van der Waals surface area contributed by atoms with Crippen LogP contribution < -0.4 is 15.4 Å². The fourth-order valence-corrected chi connectivity index (χ4v) is 6.59. The molecule has 5 rings (SSSR count). The van der Waals surface area contributed by atoms with E-state index in [1.54, 1.807) is 0 Å². The van der Waals surface area contributed by atoms with Crippen molar-refractivity contribution in [2.75, 3.05) is 32.8 Å². The third-order valence-electron chi connectivity index (χ3n) is 8.47. The van der Waals surface area contributed by atoms with Crippen molar-refractivity contribution in [3.8, 4) is 16.9 Å². The summed E-state index contributed by atoms with van der Waals surface area (Å²) in [5.74, 6) is 0.638. The lowest BCUT2D eigenvalue weighted by Crippen LogP contribution is -2.47. The second kappa shape index (κ2) is 13.0. The minimum atomic E-state index is -0.696. The summed E-state index contributed by atoms with van der Waals surface area (Å²) in [6, 6.07) is 24.3. The van der Waals surface area contributed by atoms with Crippen LogP contribution in [0, 0.1) is 0 Å². The highest BCUT2D eigenvalue weighted by Crippen LogP contribution is 2.51. The van der Waals surface area contributed by atoms with Crippen LogP contribution in [0.2, 0.25) is 0 Å². The van der Waals surface area contributed by atoms with Gasteiger partial charge in [-0.15, -0.1) is 9.24 Å². The topological polar surface area (TPSA) is 70.7 Å². The number of likely N-dealkylation sites (tertiary alicyclic amines) is 1. The number of fused-ring (bicyclic) bond motifs is 3. The highest BCUT2D eigenvalue weighted by molar-refractivity contribution is 7.18. The maximum atomic E-state index is 14.1. The summed E-state index contributed by atoms with van der Waals surface area (Å²) in [4.78, 5) is 29.5. The number of carbonyl (C=O) groups excluding carboxylic acids is 2. The molecule has 0 saturated carbocycles. The van der Waals surface area contributed by atoms with Gasteiger partial charge in [-0.05, 0) is 72.3 Å². The van der Waals surface area contributed by atoms with Gasteiger partial charge in [0.25, 0.3) is 5.91 Å². The number of nitrogens with zero attached hydrogens (tertiary/aromatic N) is 1. The smallest absolute Gasteiger partial charge is 0.255 e. The quantitative estimate of drug-likeness (QED) is 0.208. The van der Waals surface area contributed by atoms with Crippen molar-refractivity contribution in [2.45, 2.75) is 63.1 Å². The van der Waals surface area contributed by atoms with Crippen LogP contribution in [0.15, 0.2) is 72.8 Å². The van der Waals surface area contributed by atoms with Gasteiger partial charge >= 0.3 is 0 Å². The standard InChI is InChI=1S/C35H44N3O3P/c1-4-41-31-18-10-7-15-28(31)32(39)37-25-19-22-38(23-25)21-12-11-20-35(33(40)36-24-34(2,3)42)29-16-8-5-13-26(29)27-14-6-9-17-30(27)35/h5-10,13-18,25H,4,11-12,19-24,42H2,1-3H3,(H,36,40)(H,37,39). The lowest BCUT2D eigenvalue weighted by atomic mass is 9.73. The summed E-state index contributed by atoms with van der Waals surface area (Å²) < 4.78 is 5.65. The van der Waals surface area contributed by atoms with Crippen molar-refractivity contribution in [2.24, 2.45) is 0 Å². The third-order valence-corrected chi connectivity index (χ3v) is 8.68. The molecule has 1 heterocycles. The molecule has 7 heteroatoms.